The molecule has 2 heterocycles. The van der Waals surface area contributed by atoms with Crippen molar-refractivity contribution in [1.29, 1.82) is 0 Å². The normalized spacial score (nSPS) is 10.9. The molecule has 0 bridgehead atoms. The summed E-state index contributed by atoms with van der Waals surface area (Å²) in [7, 11) is 0. The standard InChI is InChI=1S/C11H8ClN5S/c12-6-1-3-7(4-2-6)18-10-8-9(15-5-14-8)16-11(13)17-10/h1-5H,(H3,13,14,15,16,17). The molecule has 0 fully saturated rings. The van der Waals surface area contributed by atoms with Gasteiger partial charge in [0.1, 0.15) is 10.5 Å². The van der Waals surface area contributed by atoms with E-state index in [1.807, 2.05) is 24.3 Å². The van der Waals surface area contributed by atoms with Crippen LogP contribution in [0.1, 0.15) is 0 Å². The number of nitrogens with two attached hydrogens (primary N) is 1. The van der Waals surface area contributed by atoms with Crippen LogP contribution in [0, 0.1) is 0 Å². The first-order chi connectivity index (χ1) is 8.72. The lowest BCUT2D eigenvalue weighted by atomic mass is 10.4. The Kier molecular flexibility index (Phi) is 2.81. The molecule has 0 saturated carbocycles. The molecule has 0 aliphatic heterocycles. The van der Waals surface area contributed by atoms with E-state index in [0.717, 1.165) is 15.4 Å². The molecular formula is C11H8ClN5S. The molecule has 0 radical (unpaired) electrons. The number of hydrogen-bond acceptors (Lipinski definition) is 5. The zero-order chi connectivity index (χ0) is 12.5. The zero-order valence-electron chi connectivity index (χ0n) is 9.09. The quantitative estimate of drug-likeness (QED) is 0.704. The monoisotopic (exact) mass is 277 g/mol. The van der Waals surface area contributed by atoms with Crippen LogP contribution in [-0.2, 0) is 0 Å². The number of hydrogen-bond donors (Lipinski definition) is 2. The number of aromatic amines is 1. The second-order valence-electron chi connectivity index (χ2n) is 3.54. The van der Waals surface area contributed by atoms with Crippen molar-refractivity contribution in [3.63, 3.8) is 0 Å². The number of aromatic nitrogens is 4. The molecule has 0 spiro atoms. The second kappa shape index (κ2) is 4.47. The summed E-state index contributed by atoms with van der Waals surface area (Å²) in [6.07, 6.45) is 1.57. The Hall–Kier alpha value is -1.79. The molecule has 0 unspecified atom stereocenters. The van der Waals surface area contributed by atoms with Crippen molar-refractivity contribution < 1.29 is 0 Å². The minimum absolute atomic E-state index is 0.214. The van der Waals surface area contributed by atoms with Gasteiger partial charge in [-0.25, -0.2) is 9.97 Å². The van der Waals surface area contributed by atoms with Gasteiger partial charge in [-0.3, -0.25) is 0 Å². The highest BCUT2D eigenvalue weighted by atomic mass is 35.5. The van der Waals surface area contributed by atoms with Crippen molar-refractivity contribution >= 4 is 40.5 Å². The lowest BCUT2D eigenvalue weighted by molar-refractivity contribution is 1.10. The number of anilines is 1. The lowest BCUT2D eigenvalue weighted by Crippen LogP contribution is -1.96. The van der Waals surface area contributed by atoms with Crippen molar-refractivity contribution in [3.05, 3.63) is 35.6 Å². The van der Waals surface area contributed by atoms with Crippen molar-refractivity contribution in [2.45, 2.75) is 9.92 Å². The Morgan fingerprint density at radius 2 is 1.94 bits per heavy atom. The maximum atomic E-state index is 5.85. The molecule has 0 atom stereocenters. The first-order valence-electron chi connectivity index (χ1n) is 5.12. The predicted molar refractivity (Wildman–Crippen MR) is 71.7 cm³/mol. The van der Waals surface area contributed by atoms with Crippen LogP contribution in [0.25, 0.3) is 11.2 Å². The average molecular weight is 278 g/mol. The third kappa shape index (κ3) is 2.12. The van der Waals surface area contributed by atoms with Crippen LogP contribution in [0.15, 0.2) is 40.5 Å². The van der Waals surface area contributed by atoms with Gasteiger partial charge >= 0.3 is 0 Å². The smallest absolute Gasteiger partial charge is 0.223 e. The van der Waals surface area contributed by atoms with Gasteiger partial charge in [0.25, 0.3) is 0 Å². The third-order valence-corrected chi connectivity index (χ3v) is 3.55. The van der Waals surface area contributed by atoms with Crippen molar-refractivity contribution in [1.82, 2.24) is 19.9 Å². The van der Waals surface area contributed by atoms with Crippen molar-refractivity contribution in [3.8, 4) is 0 Å². The number of benzene rings is 1. The molecule has 5 nitrogen and oxygen atoms in total. The van der Waals surface area contributed by atoms with Gasteiger partial charge in [-0.1, -0.05) is 23.4 Å². The fourth-order valence-electron chi connectivity index (χ4n) is 1.51. The van der Waals surface area contributed by atoms with Gasteiger partial charge < -0.3 is 10.7 Å². The van der Waals surface area contributed by atoms with E-state index >= 15 is 0 Å². The first-order valence-corrected chi connectivity index (χ1v) is 6.32. The average Bonchev–Trinajstić information content (AvgIpc) is 2.80. The predicted octanol–water partition coefficient (Wildman–Crippen LogP) is 2.74. The van der Waals surface area contributed by atoms with Crippen molar-refractivity contribution in [2.75, 3.05) is 5.73 Å². The highest BCUT2D eigenvalue weighted by Crippen LogP contribution is 2.31. The van der Waals surface area contributed by atoms with E-state index in [4.69, 9.17) is 17.3 Å². The van der Waals surface area contributed by atoms with Gasteiger partial charge in [0.15, 0.2) is 5.65 Å². The number of halogens is 1. The van der Waals surface area contributed by atoms with Gasteiger partial charge in [0.05, 0.1) is 6.33 Å². The number of fused-ring (bicyclic) bond motifs is 1. The van der Waals surface area contributed by atoms with E-state index in [0.29, 0.717) is 10.7 Å². The van der Waals surface area contributed by atoms with Gasteiger partial charge in [0, 0.05) is 9.92 Å². The second-order valence-corrected chi connectivity index (χ2v) is 5.04. The molecule has 3 aromatic rings. The fraction of sp³-hybridized carbons (Fsp3) is 0. The topological polar surface area (TPSA) is 80.5 Å². The summed E-state index contributed by atoms with van der Waals surface area (Å²) >= 11 is 7.33. The number of nitrogen functional groups attached to an aromatic ring is 1. The molecule has 0 aliphatic carbocycles. The SMILES string of the molecule is Nc1nc(Sc2ccc(Cl)cc2)c2[nH]cnc2n1. The maximum Gasteiger partial charge on any atom is 0.223 e. The number of H-pyrrole nitrogens is 1. The number of nitrogens with zero attached hydrogens (tertiary/aromatic N) is 3. The van der Waals surface area contributed by atoms with Crippen LogP contribution >= 0.6 is 23.4 Å². The van der Waals surface area contributed by atoms with Gasteiger partial charge in [-0.2, -0.15) is 4.98 Å². The van der Waals surface area contributed by atoms with Crippen LogP contribution in [0.5, 0.6) is 0 Å². The Labute approximate surface area is 112 Å². The van der Waals surface area contributed by atoms with E-state index in [2.05, 4.69) is 19.9 Å². The summed E-state index contributed by atoms with van der Waals surface area (Å²) in [4.78, 5) is 16.4. The summed E-state index contributed by atoms with van der Waals surface area (Å²) in [6, 6.07) is 7.51. The molecule has 18 heavy (non-hydrogen) atoms. The van der Waals surface area contributed by atoms with E-state index in [1.54, 1.807) is 6.33 Å². The molecule has 3 N–H and O–H groups in total. The molecule has 3 rings (SSSR count). The van der Waals surface area contributed by atoms with E-state index in [9.17, 15) is 0 Å². The van der Waals surface area contributed by atoms with Crippen LogP contribution in [0.4, 0.5) is 5.95 Å². The zero-order valence-corrected chi connectivity index (χ0v) is 10.7. The summed E-state index contributed by atoms with van der Waals surface area (Å²) < 4.78 is 0. The minimum atomic E-state index is 0.214. The summed E-state index contributed by atoms with van der Waals surface area (Å²) in [5, 5.41) is 1.45. The summed E-state index contributed by atoms with van der Waals surface area (Å²) in [6.45, 7) is 0. The van der Waals surface area contributed by atoms with Crippen LogP contribution in [0.3, 0.4) is 0 Å². The number of rotatable bonds is 2. The van der Waals surface area contributed by atoms with Gasteiger partial charge in [-0.05, 0) is 24.3 Å². The van der Waals surface area contributed by atoms with Crippen LogP contribution in [0.2, 0.25) is 5.02 Å². The molecule has 90 valence electrons. The number of nitrogens with one attached hydrogen (secondary N) is 1. The van der Waals surface area contributed by atoms with Gasteiger partial charge in [-0.15, -0.1) is 0 Å². The van der Waals surface area contributed by atoms with E-state index < -0.39 is 0 Å². The molecule has 0 aliphatic rings. The Morgan fingerprint density at radius 3 is 2.72 bits per heavy atom. The van der Waals surface area contributed by atoms with Gasteiger partial charge in [0.2, 0.25) is 5.95 Å². The summed E-state index contributed by atoms with van der Waals surface area (Å²) in [5.74, 6) is 0.214. The highest BCUT2D eigenvalue weighted by Gasteiger charge is 2.09. The fourth-order valence-corrected chi connectivity index (χ4v) is 2.52. The summed E-state index contributed by atoms with van der Waals surface area (Å²) in [5.41, 5.74) is 7.00. The first kappa shape index (κ1) is 11.3. The molecule has 7 heteroatoms. The van der Waals surface area contributed by atoms with E-state index in [-0.39, 0.29) is 5.95 Å². The lowest BCUT2D eigenvalue weighted by Gasteiger charge is -2.02. The Balaban J connectivity index is 2.03. The maximum absolute atomic E-state index is 5.85. The molecular weight excluding hydrogens is 270 g/mol. The van der Waals surface area contributed by atoms with Crippen LogP contribution in [-0.4, -0.2) is 19.9 Å². The van der Waals surface area contributed by atoms with E-state index in [1.165, 1.54) is 11.8 Å². The Morgan fingerprint density at radius 1 is 1.17 bits per heavy atom. The number of imidazole rings is 1. The molecule has 0 saturated heterocycles. The molecule has 2 aromatic heterocycles. The highest BCUT2D eigenvalue weighted by molar-refractivity contribution is 7.99. The Bertz CT molecular complexity index is 694. The molecule has 1 aromatic carbocycles. The molecule has 0 amide bonds. The minimum Gasteiger partial charge on any atom is -0.368 e. The van der Waals surface area contributed by atoms with Crippen molar-refractivity contribution in [2.24, 2.45) is 0 Å². The third-order valence-electron chi connectivity index (χ3n) is 2.30. The largest absolute Gasteiger partial charge is 0.368 e. The van der Waals surface area contributed by atoms with Crippen LogP contribution < -0.4 is 5.73 Å².